The van der Waals surface area contributed by atoms with Crippen LogP contribution in [0.5, 0.6) is 5.75 Å². The van der Waals surface area contributed by atoms with Gasteiger partial charge in [-0.15, -0.1) is 0 Å². The predicted molar refractivity (Wildman–Crippen MR) is 99.6 cm³/mol. The molecule has 0 radical (unpaired) electrons. The maximum Gasteiger partial charge on any atom is 0.264 e. The highest BCUT2D eigenvalue weighted by molar-refractivity contribution is 6.31. The molecule has 1 aliphatic heterocycles. The molecular formula is C20H20ClNO4. The van der Waals surface area contributed by atoms with Crippen LogP contribution < -0.4 is 9.64 Å². The lowest BCUT2D eigenvalue weighted by atomic mass is 9.90. The van der Waals surface area contributed by atoms with Gasteiger partial charge in [-0.2, -0.15) is 0 Å². The molecule has 0 unspecified atom stereocenters. The van der Waals surface area contributed by atoms with Crippen molar-refractivity contribution < 1.29 is 19.4 Å². The Morgan fingerprint density at radius 2 is 1.96 bits per heavy atom. The number of aliphatic hydroxyl groups is 1. The summed E-state index contributed by atoms with van der Waals surface area (Å²) in [6, 6.07) is 14.3. The van der Waals surface area contributed by atoms with Gasteiger partial charge in [-0.05, 0) is 43.7 Å². The zero-order valence-electron chi connectivity index (χ0n) is 14.4. The number of Topliss-reactive ketones (excluding diaryl/α,β-unsaturated/α-hetero) is 1. The Morgan fingerprint density at radius 3 is 2.65 bits per heavy atom. The lowest BCUT2D eigenvalue weighted by molar-refractivity contribution is -0.141. The number of halogens is 1. The van der Waals surface area contributed by atoms with Crippen molar-refractivity contribution in [3.05, 3.63) is 59.1 Å². The standard InChI is InChI=1S/C20H20ClNO4/c1-14(23)13-20(25)17-12-15(21)8-9-18(17)22(19(20)24)10-5-11-26-16-6-3-2-4-7-16/h2-4,6-9,12,25H,5,10-11,13H2,1H3/t20-/m1/s1. The molecule has 3 rings (SSSR count). The number of anilines is 1. The van der Waals surface area contributed by atoms with Crippen LogP contribution in [0, 0.1) is 0 Å². The van der Waals surface area contributed by atoms with Gasteiger partial charge in [0.25, 0.3) is 5.91 Å². The van der Waals surface area contributed by atoms with E-state index < -0.39 is 11.5 Å². The van der Waals surface area contributed by atoms with Crippen LogP contribution in [0.2, 0.25) is 5.02 Å². The highest BCUT2D eigenvalue weighted by atomic mass is 35.5. The summed E-state index contributed by atoms with van der Waals surface area (Å²) in [4.78, 5) is 25.9. The Labute approximate surface area is 157 Å². The van der Waals surface area contributed by atoms with E-state index >= 15 is 0 Å². The fourth-order valence-corrected chi connectivity index (χ4v) is 3.38. The van der Waals surface area contributed by atoms with E-state index in [4.69, 9.17) is 16.3 Å². The molecule has 0 aromatic heterocycles. The molecule has 1 N–H and O–H groups in total. The van der Waals surface area contributed by atoms with Gasteiger partial charge in [-0.1, -0.05) is 29.8 Å². The van der Waals surface area contributed by atoms with Crippen molar-refractivity contribution in [3.8, 4) is 5.75 Å². The first-order chi connectivity index (χ1) is 12.4. The number of ketones is 1. The molecule has 0 fully saturated rings. The van der Waals surface area contributed by atoms with Gasteiger partial charge in [0.1, 0.15) is 11.5 Å². The van der Waals surface area contributed by atoms with Crippen LogP contribution in [-0.2, 0) is 15.2 Å². The fourth-order valence-electron chi connectivity index (χ4n) is 3.21. The smallest absolute Gasteiger partial charge is 0.264 e. The molecule has 6 heteroatoms. The molecular weight excluding hydrogens is 354 g/mol. The Hall–Kier alpha value is -2.37. The maximum atomic E-state index is 12.8. The minimum absolute atomic E-state index is 0.263. The normalized spacial score (nSPS) is 18.7. The van der Waals surface area contributed by atoms with Gasteiger partial charge >= 0.3 is 0 Å². The minimum atomic E-state index is -1.85. The molecule has 1 aliphatic rings. The molecule has 1 heterocycles. The average Bonchev–Trinajstić information content (AvgIpc) is 2.80. The average molecular weight is 374 g/mol. The summed E-state index contributed by atoms with van der Waals surface area (Å²) in [7, 11) is 0. The quantitative estimate of drug-likeness (QED) is 0.756. The number of carbonyl (C=O) groups excluding carboxylic acids is 2. The number of ether oxygens (including phenoxy) is 1. The molecule has 26 heavy (non-hydrogen) atoms. The molecule has 2 aromatic rings. The number of fused-ring (bicyclic) bond motifs is 1. The van der Waals surface area contributed by atoms with Crippen LogP contribution in [0.15, 0.2) is 48.5 Å². The number of hydrogen-bond donors (Lipinski definition) is 1. The van der Waals surface area contributed by atoms with E-state index in [0.29, 0.717) is 35.8 Å². The van der Waals surface area contributed by atoms with E-state index in [0.717, 1.165) is 5.75 Å². The lowest BCUT2D eigenvalue weighted by Gasteiger charge is -2.22. The summed E-state index contributed by atoms with van der Waals surface area (Å²) < 4.78 is 5.65. The topological polar surface area (TPSA) is 66.8 Å². The third-order valence-electron chi connectivity index (χ3n) is 4.34. The van der Waals surface area contributed by atoms with E-state index in [1.165, 1.54) is 11.8 Å². The summed E-state index contributed by atoms with van der Waals surface area (Å²) in [5, 5.41) is 11.3. The van der Waals surface area contributed by atoms with Crippen molar-refractivity contribution in [2.24, 2.45) is 0 Å². The first-order valence-corrected chi connectivity index (χ1v) is 8.81. The summed E-state index contributed by atoms with van der Waals surface area (Å²) in [6.45, 7) is 2.16. The summed E-state index contributed by atoms with van der Waals surface area (Å²) in [5.74, 6) is 0.00577. The second-order valence-electron chi connectivity index (χ2n) is 6.37. The number of rotatable bonds is 7. The Balaban J connectivity index is 1.73. The molecule has 2 aromatic carbocycles. The SMILES string of the molecule is CC(=O)C[C@]1(O)C(=O)N(CCCOc2ccccc2)c2ccc(Cl)cc21. The second kappa shape index (κ2) is 7.48. The van der Waals surface area contributed by atoms with Crippen LogP contribution in [0.1, 0.15) is 25.3 Å². The predicted octanol–water partition coefficient (Wildman–Crippen LogP) is 3.32. The molecule has 0 aliphatic carbocycles. The van der Waals surface area contributed by atoms with Gasteiger partial charge < -0.3 is 14.7 Å². The van der Waals surface area contributed by atoms with Gasteiger partial charge in [-0.3, -0.25) is 9.59 Å². The number of amides is 1. The van der Waals surface area contributed by atoms with Gasteiger partial charge in [0.2, 0.25) is 0 Å². The summed E-state index contributed by atoms with van der Waals surface area (Å²) in [6.07, 6.45) is 0.315. The monoisotopic (exact) mass is 373 g/mol. The minimum Gasteiger partial charge on any atom is -0.494 e. The molecule has 5 nitrogen and oxygen atoms in total. The second-order valence-corrected chi connectivity index (χ2v) is 6.81. The number of para-hydroxylation sites is 1. The fraction of sp³-hybridized carbons (Fsp3) is 0.300. The van der Waals surface area contributed by atoms with Crippen molar-refractivity contribution in [1.82, 2.24) is 0 Å². The number of hydrogen-bond acceptors (Lipinski definition) is 4. The van der Waals surface area contributed by atoms with Crippen molar-refractivity contribution in [1.29, 1.82) is 0 Å². The zero-order valence-corrected chi connectivity index (χ0v) is 15.2. The number of carbonyl (C=O) groups is 2. The van der Waals surface area contributed by atoms with E-state index in [1.807, 2.05) is 30.3 Å². The number of benzene rings is 2. The molecule has 0 bridgehead atoms. The van der Waals surface area contributed by atoms with Crippen LogP contribution in [0.3, 0.4) is 0 Å². The molecule has 1 amide bonds. The maximum absolute atomic E-state index is 12.8. The van der Waals surface area contributed by atoms with Crippen molar-refractivity contribution in [2.45, 2.75) is 25.4 Å². The summed E-state index contributed by atoms with van der Waals surface area (Å²) >= 11 is 6.03. The van der Waals surface area contributed by atoms with Gasteiger partial charge in [0.05, 0.1) is 12.3 Å². The van der Waals surface area contributed by atoms with Crippen molar-refractivity contribution >= 4 is 29.0 Å². The van der Waals surface area contributed by atoms with Crippen LogP contribution in [0.25, 0.3) is 0 Å². The third-order valence-corrected chi connectivity index (χ3v) is 4.57. The molecule has 136 valence electrons. The van der Waals surface area contributed by atoms with Crippen molar-refractivity contribution in [2.75, 3.05) is 18.1 Å². The van der Waals surface area contributed by atoms with E-state index in [1.54, 1.807) is 18.2 Å². The zero-order chi connectivity index (χ0) is 18.7. The number of nitrogens with zero attached hydrogens (tertiary/aromatic N) is 1. The Kier molecular flexibility index (Phi) is 5.30. The van der Waals surface area contributed by atoms with Crippen molar-refractivity contribution in [3.63, 3.8) is 0 Å². The van der Waals surface area contributed by atoms with Gasteiger partial charge in [0, 0.05) is 23.6 Å². The molecule has 0 spiro atoms. The Bertz CT molecular complexity index is 824. The van der Waals surface area contributed by atoms with Crippen LogP contribution in [0.4, 0.5) is 5.69 Å². The first kappa shape index (κ1) is 18.4. The van der Waals surface area contributed by atoms with Gasteiger partial charge in [-0.25, -0.2) is 0 Å². The van der Waals surface area contributed by atoms with E-state index in [2.05, 4.69) is 0 Å². The molecule has 1 atom stereocenters. The van der Waals surface area contributed by atoms with Crippen LogP contribution in [-0.4, -0.2) is 29.9 Å². The van der Waals surface area contributed by atoms with Gasteiger partial charge in [0.15, 0.2) is 5.60 Å². The first-order valence-electron chi connectivity index (χ1n) is 8.43. The molecule has 0 saturated heterocycles. The highest BCUT2D eigenvalue weighted by Gasteiger charge is 2.50. The third kappa shape index (κ3) is 3.59. The Morgan fingerprint density at radius 1 is 1.23 bits per heavy atom. The summed E-state index contributed by atoms with van der Waals surface area (Å²) in [5.41, 5.74) is -0.885. The van der Waals surface area contributed by atoms with E-state index in [9.17, 15) is 14.7 Å². The lowest BCUT2D eigenvalue weighted by Crippen LogP contribution is -2.42. The van der Waals surface area contributed by atoms with E-state index in [-0.39, 0.29) is 12.2 Å². The van der Waals surface area contributed by atoms with Crippen LogP contribution >= 0.6 is 11.6 Å². The molecule has 0 saturated carbocycles. The highest BCUT2D eigenvalue weighted by Crippen LogP contribution is 2.43. The largest absolute Gasteiger partial charge is 0.494 e.